The minimum absolute atomic E-state index is 0.0708. The smallest absolute Gasteiger partial charge is 0.338 e. The number of rotatable bonds is 2. The minimum atomic E-state index is -1.04. The maximum atomic E-state index is 11.9. The molecule has 1 saturated heterocycles. The van der Waals surface area contributed by atoms with Gasteiger partial charge < -0.3 is 14.6 Å². The third-order valence-electron chi connectivity index (χ3n) is 3.48. The summed E-state index contributed by atoms with van der Waals surface area (Å²) in [5.74, 6) is -0.104. The number of aliphatic hydroxyl groups is 1. The van der Waals surface area contributed by atoms with Gasteiger partial charge in [0.15, 0.2) is 12.4 Å². The Bertz CT molecular complexity index is 404. The van der Waals surface area contributed by atoms with Gasteiger partial charge >= 0.3 is 5.97 Å². The Kier molecular flexibility index (Phi) is 3.99. The molecule has 1 N–H and O–H groups in total. The monoisotopic (exact) mass is 250 g/mol. The van der Waals surface area contributed by atoms with Crippen LogP contribution in [0.3, 0.4) is 0 Å². The van der Waals surface area contributed by atoms with E-state index in [1.807, 2.05) is 19.9 Å². The average molecular weight is 250 g/mol. The first kappa shape index (κ1) is 13.1. The van der Waals surface area contributed by atoms with Crippen molar-refractivity contribution in [3.8, 4) is 0 Å². The number of hydrogen-bond donors (Lipinski definition) is 1. The lowest BCUT2D eigenvalue weighted by Gasteiger charge is -2.36. The Labute approximate surface area is 107 Å². The van der Waals surface area contributed by atoms with Gasteiger partial charge in [0, 0.05) is 5.92 Å². The van der Waals surface area contributed by atoms with Gasteiger partial charge in [0.05, 0.1) is 12.2 Å². The van der Waals surface area contributed by atoms with Crippen LogP contribution in [-0.4, -0.2) is 30.1 Å². The summed E-state index contributed by atoms with van der Waals surface area (Å²) in [6.07, 6.45) is -1.65. The molecule has 1 aromatic carbocycles. The molecule has 4 nitrogen and oxygen atoms in total. The summed E-state index contributed by atoms with van der Waals surface area (Å²) in [5.41, 5.74) is 0.482. The third-order valence-corrected chi connectivity index (χ3v) is 3.48. The maximum absolute atomic E-state index is 11.9. The van der Waals surface area contributed by atoms with E-state index in [2.05, 4.69) is 0 Å². The van der Waals surface area contributed by atoms with Crippen LogP contribution in [0.4, 0.5) is 0 Å². The molecule has 1 aromatic rings. The maximum Gasteiger partial charge on any atom is 0.338 e. The lowest BCUT2D eigenvalue weighted by atomic mass is 9.88. The Balaban J connectivity index is 2.06. The fourth-order valence-electron chi connectivity index (χ4n) is 2.01. The second-order valence-corrected chi connectivity index (χ2v) is 4.80. The van der Waals surface area contributed by atoms with E-state index in [0.29, 0.717) is 12.2 Å². The fraction of sp³-hybridized carbons (Fsp3) is 0.500. The zero-order valence-corrected chi connectivity index (χ0v) is 10.6. The molecule has 0 radical (unpaired) electrons. The Morgan fingerprint density at radius 2 is 2.00 bits per heavy atom. The molecular weight excluding hydrogens is 232 g/mol. The normalized spacial score (nSPS) is 31.9. The van der Waals surface area contributed by atoms with Gasteiger partial charge in [-0.15, -0.1) is 0 Å². The van der Waals surface area contributed by atoms with E-state index in [0.717, 1.165) is 0 Å². The second-order valence-electron chi connectivity index (χ2n) is 4.80. The first-order valence-corrected chi connectivity index (χ1v) is 6.15. The molecule has 1 aliphatic rings. The molecule has 0 amide bonds. The molecule has 0 bridgehead atoms. The number of ether oxygens (including phenoxy) is 2. The van der Waals surface area contributed by atoms with Crippen LogP contribution in [0, 0.1) is 11.8 Å². The molecule has 98 valence electrons. The number of benzene rings is 1. The molecular formula is C14H18O4. The molecule has 1 heterocycles. The molecule has 0 aromatic heterocycles. The molecule has 2 rings (SSSR count). The quantitative estimate of drug-likeness (QED) is 0.814. The first-order valence-electron chi connectivity index (χ1n) is 6.15. The fourth-order valence-corrected chi connectivity index (χ4v) is 2.01. The standard InChI is InChI=1S/C14H18O4/c1-9-8-17-14(16)12(10(9)2)18-13(15)11-6-4-3-5-7-11/h3-7,9-10,12,14,16H,8H2,1-2H3/t9-,10-,12?,14+/m0/s1. The SMILES string of the molecule is C[C@@H]1C(OC(=O)c2ccccc2)[C@H](O)OC[C@@H]1C. The van der Waals surface area contributed by atoms with Crippen LogP contribution in [-0.2, 0) is 9.47 Å². The average Bonchev–Trinajstić information content (AvgIpc) is 2.40. The molecule has 1 unspecified atom stereocenters. The largest absolute Gasteiger partial charge is 0.453 e. The van der Waals surface area contributed by atoms with E-state index < -0.39 is 18.4 Å². The van der Waals surface area contributed by atoms with Gasteiger partial charge in [-0.2, -0.15) is 0 Å². The van der Waals surface area contributed by atoms with Gasteiger partial charge in [0.25, 0.3) is 0 Å². The van der Waals surface area contributed by atoms with Crippen LogP contribution in [0.25, 0.3) is 0 Å². The molecule has 4 heteroatoms. The molecule has 1 fully saturated rings. The topological polar surface area (TPSA) is 55.8 Å². The van der Waals surface area contributed by atoms with E-state index in [4.69, 9.17) is 9.47 Å². The Morgan fingerprint density at radius 3 is 2.67 bits per heavy atom. The van der Waals surface area contributed by atoms with Crippen molar-refractivity contribution in [1.29, 1.82) is 0 Å². The van der Waals surface area contributed by atoms with E-state index in [1.165, 1.54) is 0 Å². The van der Waals surface area contributed by atoms with Crippen molar-refractivity contribution in [2.75, 3.05) is 6.61 Å². The zero-order chi connectivity index (χ0) is 13.1. The lowest BCUT2D eigenvalue weighted by Crippen LogP contribution is -2.46. The minimum Gasteiger partial charge on any atom is -0.453 e. The van der Waals surface area contributed by atoms with Crippen LogP contribution in [0.1, 0.15) is 24.2 Å². The third kappa shape index (κ3) is 2.71. The van der Waals surface area contributed by atoms with Gasteiger partial charge in [-0.25, -0.2) is 4.79 Å². The Hall–Kier alpha value is -1.39. The van der Waals surface area contributed by atoms with Crippen LogP contribution < -0.4 is 0 Å². The molecule has 1 aliphatic heterocycles. The summed E-state index contributed by atoms with van der Waals surface area (Å²) in [6, 6.07) is 8.76. The van der Waals surface area contributed by atoms with Gasteiger partial charge in [-0.3, -0.25) is 0 Å². The summed E-state index contributed by atoms with van der Waals surface area (Å²) in [4.78, 5) is 11.9. The van der Waals surface area contributed by atoms with Crippen molar-refractivity contribution < 1.29 is 19.4 Å². The highest BCUT2D eigenvalue weighted by molar-refractivity contribution is 5.89. The summed E-state index contributed by atoms with van der Waals surface area (Å²) in [5, 5.41) is 9.75. The van der Waals surface area contributed by atoms with E-state index in [-0.39, 0.29) is 11.8 Å². The number of aliphatic hydroxyl groups excluding tert-OH is 1. The van der Waals surface area contributed by atoms with Gasteiger partial charge in [0.1, 0.15) is 0 Å². The summed E-state index contributed by atoms with van der Waals surface area (Å²) < 4.78 is 10.5. The predicted molar refractivity (Wildman–Crippen MR) is 65.9 cm³/mol. The summed E-state index contributed by atoms with van der Waals surface area (Å²) >= 11 is 0. The van der Waals surface area contributed by atoms with Gasteiger partial charge in [0.2, 0.25) is 0 Å². The van der Waals surface area contributed by atoms with Crippen molar-refractivity contribution in [2.24, 2.45) is 11.8 Å². The highest BCUT2D eigenvalue weighted by Gasteiger charge is 2.37. The van der Waals surface area contributed by atoms with Crippen molar-refractivity contribution in [3.05, 3.63) is 35.9 Å². The van der Waals surface area contributed by atoms with Crippen LogP contribution in [0.2, 0.25) is 0 Å². The predicted octanol–water partition coefficient (Wildman–Crippen LogP) is 1.83. The van der Waals surface area contributed by atoms with E-state index in [9.17, 15) is 9.90 Å². The van der Waals surface area contributed by atoms with Gasteiger partial charge in [-0.1, -0.05) is 32.0 Å². The summed E-state index contributed by atoms with van der Waals surface area (Å²) in [7, 11) is 0. The van der Waals surface area contributed by atoms with Crippen LogP contribution in [0.15, 0.2) is 30.3 Å². The summed E-state index contributed by atoms with van der Waals surface area (Å²) in [6.45, 7) is 4.46. The molecule has 0 saturated carbocycles. The Morgan fingerprint density at radius 1 is 1.33 bits per heavy atom. The lowest BCUT2D eigenvalue weighted by molar-refractivity contribution is -0.218. The number of carbonyl (C=O) groups excluding carboxylic acids is 1. The number of esters is 1. The first-order chi connectivity index (χ1) is 8.59. The highest BCUT2D eigenvalue weighted by Crippen LogP contribution is 2.27. The van der Waals surface area contributed by atoms with Crippen LogP contribution >= 0.6 is 0 Å². The molecule has 4 atom stereocenters. The van der Waals surface area contributed by atoms with Crippen molar-refractivity contribution in [1.82, 2.24) is 0 Å². The van der Waals surface area contributed by atoms with Crippen molar-refractivity contribution in [2.45, 2.75) is 26.2 Å². The molecule has 0 spiro atoms. The van der Waals surface area contributed by atoms with Crippen LogP contribution in [0.5, 0.6) is 0 Å². The van der Waals surface area contributed by atoms with E-state index in [1.54, 1.807) is 24.3 Å². The highest BCUT2D eigenvalue weighted by atomic mass is 16.6. The number of hydrogen-bond acceptors (Lipinski definition) is 4. The second kappa shape index (κ2) is 5.50. The molecule has 0 aliphatic carbocycles. The van der Waals surface area contributed by atoms with Gasteiger partial charge in [-0.05, 0) is 18.1 Å². The van der Waals surface area contributed by atoms with E-state index >= 15 is 0 Å². The molecule has 18 heavy (non-hydrogen) atoms. The zero-order valence-electron chi connectivity index (χ0n) is 10.6. The van der Waals surface area contributed by atoms with Crippen molar-refractivity contribution in [3.63, 3.8) is 0 Å². The number of carbonyl (C=O) groups is 1. The van der Waals surface area contributed by atoms with Crippen molar-refractivity contribution >= 4 is 5.97 Å².